The highest BCUT2D eigenvalue weighted by Gasteiger charge is 2.32. The average Bonchev–Trinajstić information content (AvgIpc) is 3.26. The molecule has 0 fully saturated rings. The molecule has 0 unspecified atom stereocenters. The predicted octanol–water partition coefficient (Wildman–Crippen LogP) is 4.45. The van der Waals surface area contributed by atoms with E-state index in [0.29, 0.717) is 44.4 Å². The maximum atomic E-state index is 14.0. The fourth-order valence-corrected chi connectivity index (χ4v) is 5.52. The van der Waals surface area contributed by atoms with Crippen molar-refractivity contribution in [3.63, 3.8) is 0 Å². The third-order valence-electron chi connectivity index (χ3n) is 6.27. The molecular weight excluding hydrogens is 510 g/mol. The van der Waals surface area contributed by atoms with Crippen LogP contribution in [0.3, 0.4) is 0 Å². The Morgan fingerprint density at radius 3 is 2.64 bits per heavy atom. The van der Waals surface area contributed by atoms with Crippen molar-refractivity contribution in [3.8, 4) is 11.5 Å². The number of fused-ring (bicyclic) bond motifs is 1. The van der Waals surface area contributed by atoms with Gasteiger partial charge in [0.25, 0.3) is 11.5 Å². The zero-order chi connectivity index (χ0) is 27.4. The van der Waals surface area contributed by atoms with Gasteiger partial charge >= 0.3 is 0 Å². The van der Waals surface area contributed by atoms with E-state index in [9.17, 15) is 9.59 Å². The van der Waals surface area contributed by atoms with Crippen molar-refractivity contribution in [2.75, 3.05) is 19.0 Å². The van der Waals surface area contributed by atoms with Crippen LogP contribution < -0.4 is 29.7 Å². The van der Waals surface area contributed by atoms with Gasteiger partial charge in [0.05, 0.1) is 29.0 Å². The van der Waals surface area contributed by atoms with E-state index >= 15 is 0 Å². The minimum absolute atomic E-state index is 0.248. The summed E-state index contributed by atoms with van der Waals surface area (Å²) in [4.78, 5) is 32.8. The van der Waals surface area contributed by atoms with Crippen LogP contribution in [0, 0.1) is 0 Å². The zero-order valence-corrected chi connectivity index (χ0v) is 22.4. The molecule has 0 bridgehead atoms. The van der Waals surface area contributed by atoms with E-state index < -0.39 is 6.04 Å². The maximum Gasteiger partial charge on any atom is 0.271 e. The second-order valence-electron chi connectivity index (χ2n) is 8.82. The number of aromatic nitrogens is 1. The lowest BCUT2D eigenvalue weighted by Gasteiger charge is -2.25. The third-order valence-corrected chi connectivity index (χ3v) is 7.25. The molecule has 2 heterocycles. The van der Waals surface area contributed by atoms with Crippen molar-refractivity contribution < 1.29 is 14.3 Å². The Morgan fingerprint density at radius 1 is 1.10 bits per heavy atom. The Bertz CT molecular complexity index is 1750. The van der Waals surface area contributed by atoms with Crippen LogP contribution in [-0.2, 0) is 4.79 Å². The summed E-state index contributed by atoms with van der Waals surface area (Å²) in [6.07, 6.45) is 3.47. The second kappa shape index (κ2) is 11.4. The Labute approximate surface area is 229 Å². The van der Waals surface area contributed by atoms with E-state index in [1.165, 1.54) is 11.3 Å². The first kappa shape index (κ1) is 25.9. The van der Waals surface area contributed by atoms with Crippen molar-refractivity contribution in [3.05, 3.63) is 134 Å². The summed E-state index contributed by atoms with van der Waals surface area (Å²) in [5.74, 6) is 0.944. The van der Waals surface area contributed by atoms with Gasteiger partial charge in [-0.2, -0.15) is 0 Å². The predicted molar refractivity (Wildman–Crippen MR) is 154 cm³/mol. The van der Waals surface area contributed by atoms with Crippen LogP contribution in [0.4, 0.5) is 5.69 Å². The van der Waals surface area contributed by atoms with Crippen molar-refractivity contribution in [1.29, 1.82) is 0 Å². The number of nitrogens with one attached hydrogen (secondary N) is 1. The molecule has 0 saturated carbocycles. The number of nitrogens with zero attached hydrogens (tertiary/aromatic N) is 2. The van der Waals surface area contributed by atoms with Gasteiger partial charge in [0, 0.05) is 11.3 Å². The number of anilines is 1. The quantitative estimate of drug-likeness (QED) is 0.337. The van der Waals surface area contributed by atoms with Crippen molar-refractivity contribution >= 4 is 29.0 Å². The summed E-state index contributed by atoms with van der Waals surface area (Å²) in [6.45, 7) is 5.85. The van der Waals surface area contributed by atoms with E-state index in [4.69, 9.17) is 14.5 Å². The Balaban J connectivity index is 1.67. The number of amides is 1. The largest absolute Gasteiger partial charge is 0.497 e. The lowest BCUT2D eigenvalue weighted by Crippen LogP contribution is -2.40. The minimum Gasteiger partial charge on any atom is -0.497 e. The van der Waals surface area contributed by atoms with E-state index in [-0.39, 0.29) is 11.5 Å². The molecule has 196 valence electrons. The van der Waals surface area contributed by atoms with Crippen LogP contribution >= 0.6 is 11.3 Å². The van der Waals surface area contributed by atoms with Crippen molar-refractivity contribution in [2.24, 2.45) is 4.99 Å². The summed E-state index contributed by atoms with van der Waals surface area (Å²) in [7, 11) is 1.58. The Morgan fingerprint density at radius 2 is 1.87 bits per heavy atom. The monoisotopic (exact) mass is 537 g/mol. The summed E-state index contributed by atoms with van der Waals surface area (Å²) in [5, 5.41) is 2.96. The molecule has 0 saturated heterocycles. The number of rotatable bonds is 8. The van der Waals surface area contributed by atoms with Crippen LogP contribution in [0.25, 0.3) is 6.08 Å². The van der Waals surface area contributed by atoms with E-state index in [2.05, 4.69) is 11.9 Å². The number of carbonyl (C=O) groups is 1. The molecule has 0 aliphatic carbocycles. The standard InChI is InChI=1S/C31H27N3O4S/c1-4-17-38-25-16-9-8-11-21(25)19-26-30(36)34-28(22-12-10-15-24(18-22)37-3)27(20(2)32-31(34)39-26)29(35)33-23-13-6-5-7-14-23/h4-16,18-19,28H,1,17H2,2-3H3,(H,33,35)/b26-19+/t28-/m1/s1. The molecule has 0 radical (unpaired) electrons. The highest BCUT2D eigenvalue weighted by atomic mass is 32.1. The Kier molecular flexibility index (Phi) is 7.56. The summed E-state index contributed by atoms with van der Waals surface area (Å²) in [5.41, 5.74) is 2.84. The molecular formula is C31H27N3O4S. The molecule has 8 heteroatoms. The highest BCUT2D eigenvalue weighted by Crippen LogP contribution is 2.32. The number of para-hydroxylation sites is 2. The molecule has 1 aliphatic heterocycles. The fourth-order valence-electron chi connectivity index (χ4n) is 4.48. The molecule has 1 aromatic heterocycles. The van der Waals surface area contributed by atoms with Gasteiger partial charge in [-0.1, -0.05) is 72.5 Å². The van der Waals surface area contributed by atoms with Gasteiger partial charge in [-0.15, -0.1) is 0 Å². The van der Waals surface area contributed by atoms with Crippen molar-refractivity contribution in [1.82, 2.24) is 4.57 Å². The van der Waals surface area contributed by atoms with Crippen LogP contribution in [-0.4, -0.2) is 24.2 Å². The molecule has 1 amide bonds. The van der Waals surface area contributed by atoms with Gasteiger partial charge in [0.2, 0.25) is 0 Å². The number of hydrogen-bond acceptors (Lipinski definition) is 6. The topological polar surface area (TPSA) is 81.9 Å². The molecule has 39 heavy (non-hydrogen) atoms. The van der Waals surface area contributed by atoms with E-state index in [1.54, 1.807) is 30.8 Å². The molecule has 5 rings (SSSR count). The van der Waals surface area contributed by atoms with Crippen LogP contribution in [0.1, 0.15) is 24.1 Å². The first-order valence-electron chi connectivity index (χ1n) is 12.4. The summed E-state index contributed by atoms with van der Waals surface area (Å²) >= 11 is 1.27. The van der Waals surface area contributed by atoms with Gasteiger partial charge in [-0.3, -0.25) is 14.2 Å². The zero-order valence-electron chi connectivity index (χ0n) is 21.6. The number of ether oxygens (including phenoxy) is 2. The number of carbonyl (C=O) groups excluding carboxylic acids is 1. The van der Waals surface area contributed by atoms with Crippen LogP contribution in [0.15, 0.2) is 113 Å². The lowest BCUT2D eigenvalue weighted by molar-refractivity contribution is -0.113. The number of methoxy groups -OCH3 is 1. The van der Waals surface area contributed by atoms with Gasteiger partial charge in [0.1, 0.15) is 18.1 Å². The summed E-state index contributed by atoms with van der Waals surface area (Å²) in [6, 6.07) is 23.4. The van der Waals surface area contributed by atoms with E-state index in [1.807, 2.05) is 78.9 Å². The molecule has 1 N–H and O–H groups in total. The second-order valence-corrected chi connectivity index (χ2v) is 9.83. The minimum atomic E-state index is -0.700. The number of hydrogen-bond donors (Lipinski definition) is 1. The normalized spacial score (nSPS) is 14.8. The van der Waals surface area contributed by atoms with Crippen LogP contribution in [0.2, 0.25) is 0 Å². The lowest BCUT2D eigenvalue weighted by atomic mass is 9.95. The number of thiazole rings is 1. The SMILES string of the molecule is C=CCOc1ccccc1/C=c1/sc2n(c1=O)[C@H](c1cccc(OC)c1)C(C(=O)Nc1ccccc1)=C(C)N=2. The van der Waals surface area contributed by atoms with Gasteiger partial charge in [0.15, 0.2) is 4.80 Å². The molecule has 7 nitrogen and oxygen atoms in total. The van der Waals surface area contributed by atoms with Gasteiger partial charge in [-0.05, 0) is 48.9 Å². The van der Waals surface area contributed by atoms with E-state index in [0.717, 1.165) is 11.1 Å². The highest BCUT2D eigenvalue weighted by molar-refractivity contribution is 7.07. The van der Waals surface area contributed by atoms with Gasteiger partial charge in [-0.25, -0.2) is 4.99 Å². The smallest absolute Gasteiger partial charge is 0.271 e. The van der Waals surface area contributed by atoms with Gasteiger partial charge < -0.3 is 14.8 Å². The number of allylic oxidation sites excluding steroid dienone is 1. The van der Waals surface area contributed by atoms with Crippen LogP contribution in [0.5, 0.6) is 11.5 Å². The first-order valence-corrected chi connectivity index (χ1v) is 13.2. The molecule has 3 aromatic carbocycles. The molecule has 1 aliphatic rings. The molecule has 4 aromatic rings. The summed E-state index contributed by atoms with van der Waals surface area (Å²) < 4.78 is 13.3. The molecule has 0 spiro atoms. The third kappa shape index (κ3) is 5.32. The Hall–Kier alpha value is -4.69. The molecule has 1 atom stereocenters. The maximum absolute atomic E-state index is 14.0. The van der Waals surface area contributed by atoms with Crippen molar-refractivity contribution in [2.45, 2.75) is 13.0 Å². The average molecular weight is 538 g/mol. The number of benzene rings is 3. The fraction of sp³-hybridized carbons (Fsp3) is 0.129. The first-order chi connectivity index (χ1) is 19.0.